The van der Waals surface area contributed by atoms with Crippen molar-refractivity contribution in [2.24, 2.45) is 0 Å². The van der Waals surface area contributed by atoms with E-state index in [1.807, 2.05) is 6.92 Å². The van der Waals surface area contributed by atoms with Crippen LogP contribution in [0.15, 0.2) is 30.6 Å². The third-order valence-corrected chi connectivity index (χ3v) is 2.60. The molecule has 0 saturated carbocycles. The van der Waals surface area contributed by atoms with E-state index in [2.05, 4.69) is 9.97 Å². The van der Waals surface area contributed by atoms with E-state index in [0.717, 1.165) is 5.56 Å². The molecule has 0 unspecified atom stereocenters. The Morgan fingerprint density at radius 1 is 1.24 bits per heavy atom. The molecule has 0 saturated heterocycles. The average molecular weight is 232 g/mol. The fourth-order valence-electron chi connectivity index (χ4n) is 1.61. The van der Waals surface area contributed by atoms with Gasteiger partial charge in [0.1, 0.15) is 5.82 Å². The second-order valence-corrected chi connectivity index (χ2v) is 3.75. The molecule has 2 aromatic rings. The van der Waals surface area contributed by atoms with E-state index in [4.69, 9.17) is 5.73 Å². The SMILES string of the molecule is Cc1c(N)cc(F)cc1N(C)c1ncccn1. The van der Waals surface area contributed by atoms with E-state index in [0.29, 0.717) is 17.3 Å². The Hall–Kier alpha value is -2.17. The van der Waals surface area contributed by atoms with Crippen molar-refractivity contribution < 1.29 is 4.39 Å². The topological polar surface area (TPSA) is 55.0 Å². The number of anilines is 3. The minimum absolute atomic E-state index is 0.370. The first-order chi connectivity index (χ1) is 8.09. The number of hydrogen-bond acceptors (Lipinski definition) is 4. The minimum Gasteiger partial charge on any atom is -0.398 e. The third kappa shape index (κ3) is 2.18. The maximum Gasteiger partial charge on any atom is 0.229 e. The lowest BCUT2D eigenvalue weighted by atomic mass is 10.1. The summed E-state index contributed by atoms with van der Waals surface area (Å²) >= 11 is 0. The molecule has 0 atom stereocenters. The Labute approximate surface area is 98.9 Å². The third-order valence-electron chi connectivity index (χ3n) is 2.60. The highest BCUT2D eigenvalue weighted by Crippen LogP contribution is 2.28. The van der Waals surface area contributed by atoms with Gasteiger partial charge in [-0.1, -0.05) is 0 Å². The van der Waals surface area contributed by atoms with Crippen LogP contribution < -0.4 is 10.6 Å². The maximum atomic E-state index is 13.3. The zero-order valence-corrected chi connectivity index (χ0v) is 9.68. The summed E-state index contributed by atoms with van der Waals surface area (Å²) in [7, 11) is 1.77. The number of halogens is 1. The van der Waals surface area contributed by atoms with Gasteiger partial charge in [0, 0.05) is 25.1 Å². The molecular weight excluding hydrogens is 219 g/mol. The number of nitrogens with two attached hydrogens (primary N) is 1. The van der Waals surface area contributed by atoms with Crippen molar-refractivity contribution in [3.8, 4) is 0 Å². The second kappa shape index (κ2) is 4.37. The van der Waals surface area contributed by atoms with E-state index in [9.17, 15) is 4.39 Å². The molecule has 0 bridgehead atoms. The quantitative estimate of drug-likeness (QED) is 0.807. The van der Waals surface area contributed by atoms with Crippen LogP contribution in [0, 0.1) is 12.7 Å². The highest BCUT2D eigenvalue weighted by atomic mass is 19.1. The molecule has 17 heavy (non-hydrogen) atoms. The molecule has 1 aromatic heterocycles. The number of nitrogens with zero attached hydrogens (tertiary/aromatic N) is 3. The zero-order valence-electron chi connectivity index (χ0n) is 9.68. The molecule has 0 aliphatic carbocycles. The van der Waals surface area contributed by atoms with E-state index < -0.39 is 0 Å². The fraction of sp³-hybridized carbons (Fsp3) is 0.167. The van der Waals surface area contributed by atoms with Crippen LogP contribution in [-0.2, 0) is 0 Å². The Morgan fingerprint density at radius 3 is 2.53 bits per heavy atom. The highest BCUT2D eigenvalue weighted by Gasteiger charge is 2.12. The van der Waals surface area contributed by atoms with Crippen LogP contribution in [0.5, 0.6) is 0 Å². The van der Waals surface area contributed by atoms with Crippen molar-refractivity contribution in [3.05, 3.63) is 42.0 Å². The lowest BCUT2D eigenvalue weighted by Gasteiger charge is -2.20. The van der Waals surface area contributed by atoms with Crippen molar-refractivity contribution in [1.29, 1.82) is 0 Å². The molecule has 1 heterocycles. The summed E-state index contributed by atoms with van der Waals surface area (Å²) < 4.78 is 13.3. The van der Waals surface area contributed by atoms with Crippen molar-refractivity contribution in [2.45, 2.75) is 6.92 Å². The normalized spacial score (nSPS) is 10.3. The predicted octanol–water partition coefficient (Wildman–Crippen LogP) is 2.27. The van der Waals surface area contributed by atoms with Gasteiger partial charge in [0.25, 0.3) is 0 Å². The molecule has 1 aromatic carbocycles. The second-order valence-electron chi connectivity index (χ2n) is 3.75. The number of hydrogen-bond donors (Lipinski definition) is 1. The van der Waals surface area contributed by atoms with Gasteiger partial charge in [-0.25, -0.2) is 14.4 Å². The first-order valence-corrected chi connectivity index (χ1v) is 5.16. The van der Waals surface area contributed by atoms with Crippen molar-refractivity contribution in [1.82, 2.24) is 9.97 Å². The molecule has 4 nitrogen and oxygen atoms in total. The van der Waals surface area contributed by atoms with Crippen LogP contribution in [-0.4, -0.2) is 17.0 Å². The monoisotopic (exact) mass is 232 g/mol. The molecule has 5 heteroatoms. The summed E-state index contributed by atoms with van der Waals surface area (Å²) in [6.07, 6.45) is 3.27. The summed E-state index contributed by atoms with van der Waals surface area (Å²) in [5.74, 6) is 0.131. The average Bonchev–Trinajstić information content (AvgIpc) is 2.34. The van der Waals surface area contributed by atoms with E-state index in [1.54, 1.807) is 30.4 Å². The van der Waals surface area contributed by atoms with E-state index in [1.165, 1.54) is 12.1 Å². The smallest absolute Gasteiger partial charge is 0.229 e. The van der Waals surface area contributed by atoms with Gasteiger partial charge in [-0.3, -0.25) is 0 Å². The fourth-order valence-corrected chi connectivity index (χ4v) is 1.61. The molecule has 0 aliphatic heterocycles. The Morgan fingerprint density at radius 2 is 1.88 bits per heavy atom. The number of benzene rings is 1. The summed E-state index contributed by atoms with van der Waals surface area (Å²) in [4.78, 5) is 9.92. The first kappa shape index (κ1) is 11.3. The molecule has 0 amide bonds. The van der Waals surface area contributed by atoms with E-state index >= 15 is 0 Å². The van der Waals surface area contributed by atoms with Crippen LogP contribution in [0.3, 0.4) is 0 Å². The molecule has 0 spiro atoms. The Bertz CT molecular complexity index is 528. The van der Waals surface area contributed by atoms with Crippen LogP contribution in [0.25, 0.3) is 0 Å². The molecule has 0 fully saturated rings. The van der Waals surface area contributed by atoms with Gasteiger partial charge in [-0.15, -0.1) is 0 Å². The molecule has 2 rings (SSSR count). The molecule has 0 radical (unpaired) electrons. The van der Waals surface area contributed by atoms with Crippen LogP contribution in [0.4, 0.5) is 21.7 Å². The summed E-state index contributed by atoms with van der Waals surface area (Å²) in [5, 5.41) is 0. The van der Waals surface area contributed by atoms with Crippen molar-refractivity contribution in [3.63, 3.8) is 0 Å². The lowest BCUT2D eigenvalue weighted by Crippen LogP contribution is -2.15. The van der Waals surface area contributed by atoms with Gasteiger partial charge in [0.2, 0.25) is 5.95 Å². The minimum atomic E-state index is -0.370. The Kier molecular flexibility index (Phi) is 2.91. The van der Waals surface area contributed by atoms with Gasteiger partial charge < -0.3 is 10.6 Å². The Balaban J connectivity index is 2.48. The summed E-state index contributed by atoms with van der Waals surface area (Å²) in [6, 6.07) is 4.45. The molecule has 0 aliphatic rings. The largest absolute Gasteiger partial charge is 0.398 e. The molecular formula is C12H13FN4. The molecule has 2 N–H and O–H groups in total. The highest BCUT2D eigenvalue weighted by molar-refractivity contribution is 5.68. The number of nitrogen functional groups attached to an aromatic ring is 1. The van der Waals surface area contributed by atoms with Gasteiger partial charge in [0.05, 0.1) is 5.69 Å². The number of rotatable bonds is 2. The standard InChI is InChI=1S/C12H13FN4/c1-8-10(14)6-9(13)7-11(8)17(2)12-15-4-3-5-16-12/h3-7H,14H2,1-2H3. The van der Waals surface area contributed by atoms with Gasteiger partial charge in [-0.05, 0) is 30.7 Å². The van der Waals surface area contributed by atoms with Gasteiger partial charge in [-0.2, -0.15) is 0 Å². The lowest BCUT2D eigenvalue weighted by molar-refractivity contribution is 0.628. The van der Waals surface area contributed by atoms with Crippen LogP contribution >= 0.6 is 0 Å². The molecule has 88 valence electrons. The van der Waals surface area contributed by atoms with E-state index in [-0.39, 0.29) is 5.82 Å². The van der Waals surface area contributed by atoms with Crippen molar-refractivity contribution >= 4 is 17.3 Å². The predicted molar refractivity (Wildman–Crippen MR) is 65.6 cm³/mol. The van der Waals surface area contributed by atoms with Crippen LogP contribution in [0.2, 0.25) is 0 Å². The number of aromatic nitrogens is 2. The summed E-state index contributed by atoms with van der Waals surface area (Å²) in [5.41, 5.74) is 7.62. The van der Waals surface area contributed by atoms with Gasteiger partial charge in [0.15, 0.2) is 0 Å². The van der Waals surface area contributed by atoms with Crippen LogP contribution in [0.1, 0.15) is 5.56 Å². The maximum absolute atomic E-state index is 13.3. The van der Waals surface area contributed by atoms with Crippen molar-refractivity contribution in [2.75, 3.05) is 17.7 Å². The summed E-state index contributed by atoms with van der Waals surface area (Å²) in [6.45, 7) is 1.84. The van der Waals surface area contributed by atoms with Gasteiger partial charge >= 0.3 is 0 Å². The first-order valence-electron chi connectivity index (χ1n) is 5.16. The zero-order chi connectivity index (χ0) is 12.4.